The van der Waals surface area contributed by atoms with Gasteiger partial charge in [0.1, 0.15) is 0 Å². The van der Waals surface area contributed by atoms with Crippen LogP contribution in [0.25, 0.3) is 93.9 Å². The molecule has 0 bridgehead atoms. The van der Waals surface area contributed by atoms with Crippen LogP contribution in [0.2, 0.25) is 0 Å². The van der Waals surface area contributed by atoms with E-state index >= 15 is 0 Å². The van der Waals surface area contributed by atoms with E-state index in [1.165, 1.54) is 99.0 Å². The van der Waals surface area contributed by atoms with Crippen molar-refractivity contribution in [3.05, 3.63) is 193 Å². The first-order chi connectivity index (χ1) is 27.3. The fourth-order valence-corrected chi connectivity index (χ4v) is 9.21. The first-order valence-electron chi connectivity index (χ1n) is 19.4. The maximum absolute atomic E-state index is 4.53. The van der Waals surface area contributed by atoms with Gasteiger partial charge >= 0.3 is 0 Å². The van der Waals surface area contributed by atoms with E-state index in [2.05, 4.69) is 186 Å². The molecule has 260 valence electrons. The van der Waals surface area contributed by atoms with Gasteiger partial charge in [0.05, 0.1) is 11.6 Å². The summed E-state index contributed by atoms with van der Waals surface area (Å²) in [6.45, 7) is 0. The average molecular weight is 703 g/mol. The number of aromatic nitrogens is 2. The molecule has 0 N–H and O–H groups in total. The Labute approximate surface area is 321 Å². The number of hydrogen-bond donors (Lipinski definition) is 0. The summed E-state index contributed by atoms with van der Waals surface area (Å²) in [6.07, 6.45) is 20.5. The number of pyridine rings is 1. The lowest BCUT2D eigenvalue weighted by Crippen LogP contribution is -2.06. The highest BCUT2D eigenvalue weighted by molar-refractivity contribution is 6.21. The second-order valence-corrected chi connectivity index (χ2v) is 15.0. The number of fused-ring (bicyclic) bond motifs is 6. The van der Waals surface area contributed by atoms with Crippen LogP contribution in [0.15, 0.2) is 182 Å². The molecule has 0 aliphatic heterocycles. The summed E-state index contributed by atoms with van der Waals surface area (Å²) >= 11 is 0. The first-order valence-corrected chi connectivity index (χ1v) is 19.4. The van der Waals surface area contributed by atoms with Crippen molar-refractivity contribution in [1.82, 2.24) is 9.55 Å². The normalized spacial score (nSPS) is 15.0. The minimum absolute atomic E-state index is 0.297. The van der Waals surface area contributed by atoms with Crippen molar-refractivity contribution < 1.29 is 0 Å². The fraction of sp³-hybridized carbons (Fsp3) is 0.0755. The van der Waals surface area contributed by atoms with Crippen molar-refractivity contribution in [3.8, 4) is 44.5 Å². The summed E-state index contributed by atoms with van der Waals surface area (Å²) in [5.74, 6) is 0. The highest BCUT2D eigenvalue weighted by Crippen LogP contribution is 2.45. The highest BCUT2D eigenvalue weighted by Gasteiger charge is 2.19. The Morgan fingerprint density at radius 1 is 0.491 bits per heavy atom. The smallest absolute Gasteiger partial charge is 0.0560 e. The molecule has 2 nitrogen and oxygen atoms in total. The molecule has 0 amide bonds. The molecule has 2 aliphatic rings. The Balaban J connectivity index is 0.993. The van der Waals surface area contributed by atoms with Gasteiger partial charge in [-0.1, -0.05) is 158 Å². The van der Waals surface area contributed by atoms with Crippen molar-refractivity contribution in [2.75, 3.05) is 0 Å². The summed E-state index contributed by atoms with van der Waals surface area (Å²) in [5, 5.41) is 7.52. The van der Waals surface area contributed by atoms with Crippen LogP contribution in [-0.4, -0.2) is 9.55 Å². The van der Waals surface area contributed by atoms with Gasteiger partial charge in [0, 0.05) is 28.7 Å². The van der Waals surface area contributed by atoms with E-state index < -0.39 is 0 Å². The number of hydrogen-bond acceptors (Lipinski definition) is 1. The molecule has 2 heterocycles. The molecule has 1 atom stereocenters. The monoisotopic (exact) mass is 702 g/mol. The molecule has 0 saturated carbocycles. The maximum atomic E-state index is 4.53. The molecule has 11 rings (SSSR count). The Morgan fingerprint density at radius 3 is 1.71 bits per heavy atom. The largest absolute Gasteiger partial charge is 0.333 e. The first kappa shape index (κ1) is 31.7. The van der Waals surface area contributed by atoms with E-state index in [0.717, 1.165) is 19.3 Å². The van der Waals surface area contributed by atoms with E-state index in [1.807, 2.05) is 12.4 Å². The van der Waals surface area contributed by atoms with Crippen LogP contribution in [0.1, 0.15) is 30.0 Å². The lowest BCUT2D eigenvalue weighted by atomic mass is 9.85. The van der Waals surface area contributed by atoms with Crippen LogP contribution in [0.5, 0.6) is 0 Å². The van der Waals surface area contributed by atoms with Gasteiger partial charge < -0.3 is 4.57 Å². The zero-order valence-electron chi connectivity index (χ0n) is 30.5. The van der Waals surface area contributed by atoms with Crippen molar-refractivity contribution in [2.45, 2.75) is 25.3 Å². The predicted octanol–water partition coefficient (Wildman–Crippen LogP) is 14.2. The van der Waals surface area contributed by atoms with E-state index in [0.29, 0.717) is 6.04 Å². The van der Waals surface area contributed by atoms with Gasteiger partial charge in [0.15, 0.2) is 0 Å². The lowest BCUT2D eigenvalue weighted by Gasteiger charge is -2.18. The third-order valence-corrected chi connectivity index (χ3v) is 11.9. The van der Waals surface area contributed by atoms with E-state index in [-0.39, 0.29) is 0 Å². The Kier molecular flexibility index (Phi) is 7.48. The minimum Gasteiger partial charge on any atom is -0.333 e. The molecule has 55 heavy (non-hydrogen) atoms. The van der Waals surface area contributed by atoms with Gasteiger partial charge in [0.25, 0.3) is 0 Å². The maximum Gasteiger partial charge on any atom is 0.0560 e. The van der Waals surface area contributed by atoms with Crippen molar-refractivity contribution >= 4 is 49.4 Å². The zero-order chi connectivity index (χ0) is 36.3. The van der Waals surface area contributed by atoms with Gasteiger partial charge in [-0.25, -0.2) is 0 Å². The van der Waals surface area contributed by atoms with Crippen molar-refractivity contribution in [1.29, 1.82) is 0 Å². The molecule has 0 spiro atoms. The van der Waals surface area contributed by atoms with Crippen molar-refractivity contribution in [3.63, 3.8) is 0 Å². The number of rotatable bonds is 5. The van der Waals surface area contributed by atoms with Crippen molar-refractivity contribution in [2.24, 2.45) is 0 Å². The molecule has 0 fully saturated rings. The van der Waals surface area contributed by atoms with Gasteiger partial charge in [0.2, 0.25) is 0 Å². The van der Waals surface area contributed by atoms with E-state index in [1.54, 1.807) is 0 Å². The standard InChI is InChI=1S/C53H38N2/c1-2-12-43(13-3-1)55-50-29-28-42(33-48(50)49-34-54-31-30-51(49)55)37-20-25-39(26-21-37)53-46-16-8-6-14-44(46)52(45-15-7-9-17-47(45)53)38-23-18-36(19-24-38)41-27-22-35-10-4-5-11-40(35)32-41/h1-4,6-10,12,14-34,43H,5,11,13H2. The second-order valence-electron chi connectivity index (χ2n) is 15.0. The predicted molar refractivity (Wildman–Crippen MR) is 233 cm³/mol. The molecule has 2 aliphatic carbocycles. The number of benzene rings is 7. The lowest BCUT2D eigenvalue weighted by molar-refractivity contribution is 0.648. The summed E-state index contributed by atoms with van der Waals surface area (Å²) in [5.41, 5.74) is 15.3. The molecule has 9 aromatic rings. The topological polar surface area (TPSA) is 17.8 Å². The molecular weight excluding hydrogens is 665 g/mol. The fourth-order valence-electron chi connectivity index (χ4n) is 9.21. The number of allylic oxidation sites excluding steroid dienone is 5. The molecule has 2 heteroatoms. The van der Waals surface area contributed by atoms with Crippen LogP contribution in [-0.2, 0) is 6.42 Å². The Hall–Kier alpha value is -6.77. The molecule has 1 unspecified atom stereocenters. The molecule has 0 saturated heterocycles. The SMILES string of the molecule is C1=CCC(n2c3ccncc3c3cc(-c4ccc(-c5c6ccccc6c(-c6ccc(-c7ccc8c(c7)CCC=C8)cc6)c6ccccc56)cc4)ccc32)C=C1. The second kappa shape index (κ2) is 13.0. The third kappa shape index (κ3) is 5.28. The van der Waals surface area contributed by atoms with Gasteiger partial charge in [-0.15, -0.1) is 0 Å². The van der Waals surface area contributed by atoms with Crippen LogP contribution in [0, 0.1) is 0 Å². The Bertz CT molecular complexity index is 2990. The summed E-state index contributed by atoms with van der Waals surface area (Å²) in [7, 11) is 0. The molecular formula is C53H38N2. The zero-order valence-corrected chi connectivity index (χ0v) is 30.5. The van der Waals surface area contributed by atoms with Gasteiger partial charge in [-0.2, -0.15) is 0 Å². The minimum atomic E-state index is 0.297. The summed E-state index contributed by atoms with van der Waals surface area (Å²) in [4.78, 5) is 4.53. The van der Waals surface area contributed by atoms with E-state index in [4.69, 9.17) is 0 Å². The average Bonchev–Trinajstić information content (AvgIpc) is 3.59. The number of nitrogens with zero attached hydrogens (tertiary/aromatic N) is 2. The van der Waals surface area contributed by atoms with Crippen LogP contribution < -0.4 is 0 Å². The van der Waals surface area contributed by atoms with Crippen LogP contribution in [0.4, 0.5) is 0 Å². The Morgan fingerprint density at radius 2 is 1.07 bits per heavy atom. The van der Waals surface area contributed by atoms with E-state index in [9.17, 15) is 0 Å². The van der Waals surface area contributed by atoms with Gasteiger partial charge in [-0.3, -0.25) is 4.98 Å². The van der Waals surface area contributed by atoms with Crippen LogP contribution in [0.3, 0.4) is 0 Å². The summed E-state index contributed by atoms with van der Waals surface area (Å²) < 4.78 is 2.47. The van der Waals surface area contributed by atoms with Gasteiger partial charge in [-0.05, 0) is 115 Å². The quantitative estimate of drug-likeness (QED) is 0.163. The molecule has 2 aromatic heterocycles. The molecule has 7 aromatic carbocycles. The molecule has 0 radical (unpaired) electrons. The third-order valence-electron chi connectivity index (χ3n) is 11.9. The summed E-state index contributed by atoms with van der Waals surface area (Å²) in [6, 6.07) is 52.5. The van der Waals surface area contributed by atoms with Crippen LogP contribution >= 0.6 is 0 Å². The number of aryl methyl sites for hydroxylation is 1. The highest BCUT2D eigenvalue weighted by atomic mass is 15.0.